The Balaban J connectivity index is 1.91. The number of Topliss-reactive ketones (excluding diaryl/α,β-unsaturated/α-hetero) is 1. The molecule has 2 heterocycles. The van der Waals surface area contributed by atoms with Crippen molar-refractivity contribution in [2.24, 2.45) is 5.41 Å². The maximum absolute atomic E-state index is 13.1. The lowest BCUT2D eigenvalue weighted by Gasteiger charge is -2.51. The lowest BCUT2D eigenvalue weighted by Crippen LogP contribution is -2.66. The maximum Gasteiger partial charge on any atom is 0.339 e. The molecule has 0 aliphatic carbocycles. The molecule has 1 unspecified atom stereocenters. The number of benzene rings is 1. The summed E-state index contributed by atoms with van der Waals surface area (Å²) < 4.78 is 10.9. The van der Waals surface area contributed by atoms with Gasteiger partial charge in [-0.2, -0.15) is 0 Å². The minimum Gasteiger partial charge on any atom is -0.478 e. The van der Waals surface area contributed by atoms with Crippen molar-refractivity contribution in [3.05, 3.63) is 46.7 Å². The second kappa shape index (κ2) is 7.88. The largest absolute Gasteiger partial charge is 0.478 e. The number of carboxylic acid groups (broad SMARTS) is 1. The quantitative estimate of drug-likeness (QED) is 0.557. The molecule has 30 heavy (non-hydrogen) atoms. The third kappa shape index (κ3) is 3.75. The number of aromatic carboxylic acids is 1. The Bertz CT molecular complexity index is 945. The van der Waals surface area contributed by atoms with E-state index in [1.54, 1.807) is 27.7 Å². The van der Waals surface area contributed by atoms with Crippen LogP contribution in [-0.4, -0.2) is 57.7 Å². The molecule has 1 N–H and O–H groups in total. The van der Waals surface area contributed by atoms with Gasteiger partial charge in [0.1, 0.15) is 5.37 Å². The minimum atomic E-state index is -1.10. The van der Waals surface area contributed by atoms with Gasteiger partial charge in [-0.05, 0) is 31.2 Å². The zero-order valence-corrected chi connectivity index (χ0v) is 18.1. The molecule has 3 atom stereocenters. The van der Waals surface area contributed by atoms with Crippen LogP contribution in [0.4, 0.5) is 0 Å². The van der Waals surface area contributed by atoms with Crippen LogP contribution >= 0.6 is 11.8 Å². The molecule has 3 rings (SSSR count). The highest BCUT2D eigenvalue weighted by Gasteiger charge is 2.56. The molecule has 2 aliphatic heterocycles. The molecule has 1 amide bonds. The molecule has 0 radical (unpaired) electrons. The molecule has 9 heteroatoms. The Morgan fingerprint density at radius 2 is 1.67 bits per heavy atom. The Hall–Kier alpha value is -2.65. The fraction of sp³-hybridized carbons (Fsp3) is 0.429. The first kappa shape index (κ1) is 22.0. The number of carbonyl (C=O) groups excluding carboxylic acids is 3. The average molecular weight is 433 g/mol. The van der Waals surface area contributed by atoms with E-state index in [0.717, 1.165) is 0 Å². The van der Waals surface area contributed by atoms with Crippen molar-refractivity contribution in [1.82, 2.24) is 4.90 Å². The fourth-order valence-corrected chi connectivity index (χ4v) is 4.64. The number of carboxylic acids is 1. The van der Waals surface area contributed by atoms with E-state index in [4.69, 9.17) is 14.6 Å². The third-order valence-corrected chi connectivity index (χ3v) is 6.39. The topological polar surface area (TPSA) is 110 Å². The Kier molecular flexibility index (Phi) is 5.79. The number of fused-ring (bicyclic) bond motifs is 1. The first-order valence-corrected chi connectivity index (χ1v) is 10.2. The summed E-state index contributed by atoms with van der Waals surface area (Å²) in [4.78, 5) is 50.6. The fourth-order valence-electron chi connectivity index (χ4n) is 3.23. The van der Waals surface area contributed by atoms with E-state index in [0.29, 0.717) is 5.57 Å². The number of ketones is 1. The number of rotatable bonds is 5. The van der Waals surface area contributed by atoms with E-state index in [-0.39, 0.29) is 28.5 Å². The number of β-lactam (4-membered cyclic amide) rings is 1. The van der Waals surface area contributed by atoms with Crippen molar-refractivity contribution in [2.45, 2.75) is 44.6 Å². The summed E-state index contributed by atoms with van der Waals surface area (Å²) in [5.74, 6) is -2.27. The molecule has 160 valence electrons. The van der Waals surface area contributed by atoms with Crippen LogP contribution in [0.25, 0.3) is 0 Å². The van der Waals surface area contributed by atoms with Gasteiger partial charge in [-0.1, -0.05) is 32.5 Å². The highest BCUT2D eigenvalue weighted by atomic mass is 32.2. The van der Waals surface area contributed by atoms with Gasteiger partial charge in [0.15, 0.2) is 17.3 Å². The summed E-state index contributed by atoms with van der Waals surface area (Å²) >= 11 is 1.22. The number of allylic oxidation sites excluding steroid dienone is 1. The Morgan fingerprint density at radius 1 is 1.10 bits per heavy atom. The zero-order valence-electron chi connectivity index (χ0n) is 17.3. The summed E-state index contributed by atoms with van der Waals surface area (Å²) in [6, 6.07) is 5.38. The molecular formula is C21H23NO7S. The SMILES string of the molecule is CO[C@H]1C(=O)N2C(C(=O)C(C)(C)C)=C(C)C(OC(=O)c3ccc(C(=O)O)cc3)S[C@@H]12. The van der Waals surface area contributed by atoms with Crippen molar-refractivity contribution in [3.63, 3.8) is 0 Å². The van der Waals surface area contributed by atoms with Gasteiger partial charge in [0.05, 0.1) is 16.8 Å². The van der Waals surface area contributed by atoms with Gasteiger partial charge in [0.25, 0.3) is 5.91 Å². The van der Waals surface area contributed by atoms with Gasteiger partial charge < -0.3 is 14.6 Å². The monoisotopic (exact) mass is 433 g/mol. The molecule has 1 aromatic rings. The molecule has 1 saturated heterocycles. The summed E-state index contributed by atoms with van der Waals surface area (Å²) in [6.45, 7) is 6.95. The van der Waals surface area contributed by atoms with Crippen molar-refractivity contribution in [2.75, 3.05) is 7.11 Å². The molecule has 1 aromatic carbocycles. The number of hydrogen-bond acceptors (Lipinski definition) is 7. The summed E-state index contributed by atoms with van der Waals surface area (Å²) in [5, 5.41) is 8.51. The molecule has 0 bridgehead atoms. The Labute approximate surface area is 178 Å². The number of amides is 1. The van der Waals surface area contributed by atoms with Crippen LogP contribution in [0, 0.1) is 5.41 Å². The predicted octanol–water partition coefficient (Wildman–Crippen LogP) is 2.69. The van der Waals surface area contributed by atoms with Crippen LogP contribution in [0.2, 0.25) is 0 Å². The van der Waals surface area contributed by atoms with Gasteiger partial charge in [0, 0.05) is 18.1 Å². The highest BCUT2D eigenvalue weighted by molar-refractivity contribution is 8.00. The lowest BCUT2D eigenvalue weighted by atomic mass is 9.85. The van der Waals surface area contributed by atoms with Crippen LogP contribution in [0.5, 0.6) is 0 Å². The van der Waals surface area contributed by atoms with Crippen molar-refractivity contribution in [3.8, 4) is 0 Å². The molecule has 0 aromatic heterocycles. The first-order valence-electron chi connectivity index (χ1n) is 9.28. The second-order valence-electron chi connectivity index (χ2n) is 8.12. The maximum atomic E-state index is 13.1. The van der Waals surface area contributed by atoms with Crippen LogP contribution in [-0.2, 0) is 19.1 Å². The molecule has 8 nitrogen and oxygen atoms in total. The Morgan fingerprint density at radius 3 is 2.17 bits per heavy atom. The van der Waals surface area contributed by atoms with Crippen molar-refractivity contribution in [1.29, 1.82) is 0 Å². The lowest BCUT2D eigenvalue weighted by molar-refractivity contribution is -0.160. The van der Waals surface area contributed by atoms with E-state index in [2.05, 4.69) is 0 Å². The zero-order chi connectivity index (χ0) is 22.4. The summed E-state index contributed by atoms with van der Waals surface area (Å²) in [7, 11) is 1.42. The predicted molar refractivity (Wildman–Crippen MR) is 109 cm³/mol. The van der Waals surface area contributed by atoms with E-state index in [9.17, 15) is 19.2 Å². The van der Waals surface area contributed by atoms with Gasteiger partial charge in [-0.15, -0.1) is 0 Å². The second-order valence-corrected chi connectivity index (χ2v) is 9.30. The van der Waals surface area contributed by atoms with Gasteiger partial charge in [0.2, 0.25) is 0 Å². The smallest absolute Gasteiger partial charge is 0.339 e. The molecule has 0 saturated carbocycles. The standard InChI is InChI=1S/C21H23NO7S/c1-10-13(15(23)21(2,3)4)22-16(24)14(28-5)17(22)30-20(10)29-19(27)12-8-6-11(7-9-12)18(25)26/h6-9,14,17,20H,1-5H3,(H,25,26)/t14-,17-,20?/m0/s1. The minimum absolute atomic E-state index is 0.0549. The van der Waals surface area contributed by atoms with E-state index >= 15 is 0 Å². The van der Waals surface area contributed by atoms with Gasteiger partial charge in [-0.25, -0.2) is 9.59 Å². The van der Waals surface area contributed by atoms with Crippen LogP contribution in [0.15, 0.2) is 35.5 Å². The van der Waals surface area contributed by atoms with E-state index in [1.807, 2.05) is 0 Å². The number of thioether (sulfide) groups is 1. The number of ether oxygens (including phenoxy) is 2. The molecule has 1 fully saturated rings. The molecule has 0 spiro atoms. The number of methoxy groups -OCH3 is 1. The average Bonchev–Trinajstić information content (AvgIpc) is 2.68. The van der Waals surface area contributed by atoms with Crippen molar-refractivity contribution < 1.29 is 33.8 Å². The van der Waals surface area contributed by atoms with E-state index < -0.39 is 34.3 Å². The van der Waals surface area contributed by atoms with Gasteiger partial charge in [-0.3, -0.25) is 14.5 Å². The molecule has 2 aliphatic rings. The van der Waals surface area contributed by atoms with Gasteiger partial charge >= 0.3 is 11.9 Å². The summed E-state index contributed by atoms with van der Waals surface area (Å²) in [5.41, 5.74) is -0.557. The normalized spacial score (nSPS) is 23.6. The van der Waals surface area contributed by atoms with Crippen LogP contribution < -0.4 is 0 Å². The highest BCUT2D eigenvalue weighted by Crippen LogP contribution is 2.47. The number of carbonyl (C=O) groups is 4. The van der Waals surface area contributed by atoms with E-state index in [1.165, 1.54) is 48.0 Å². The summed E-state index contributed by atoms with van der Waals surface area (Å²) in [6.07, 6.45) is -0.720. The number of esters is 1. The number of nitrogens with zero attached hydrogens (tertiary/aromatic N) is 1. The first-order chi connectivity index (χ1) is 14.0. The number of hydrogen-bond donors (Lipinski definition) is 1. The van der Waals surface area contributed by atoms with Crippen LogP contribution in [0.3, 0.4) is 0 Å². The van der Waals surface area contributed by atoms with Crippen LogP contribution in [0.1, 0.15) is 48.4 Å². The third-order valence-electron chi connectivity index (χ3n) is 4.96. The molecular weight excluding hydrogens is 410 g/mol. The van der Waals surface area contributed by atoms with Crippen molar-refractivity contribution >= 4 is 35.4 Å².